The van der Waals surface area contributed by atoms with E-state index in [1.165, 1.54) is 6.92 Å². The predicted octanol–water partition coefficient (Wildman–Crippen LogP) is -11.4. The molecule has 0 aromatic rings. The van der Waals surface area contributed by atoms with Gasteiger partial charge in [-0.3, -0.25) is 9.59 Å². The summed E-state index contributed by atoms with van der Waals surface area (Å²) in [5, 5.41) is 175. The van der Waals surface area contributed by atoms with Gasteiger partial charge in [-0.2, -0.15) is 0 Å². The lowest BCUT2D eigenvalue weighted by atomic mass is 9.88. The Hall–Kier alpha value is -2.55. The van der Waals surface area contributed by atoms with Crippen LogP contribution in [0.2, 0.25) is 0 Å². The third-order valence-electron chi connectivity index (χ3n) is 12.1. The lowest BCUT2D eigenvalue weighted by molar-refractivity contribution is -0.401. The van der Waals surface area contributed by atoms with Crippen molar-refractivity contribution in [1.29, 1.82) is 0 Å². The van der Waals surface area contributed by atoms with E-state index in [4.69, 9.17) is 42.6 Å². The lowest BCUT2D eigenvalue weighted by Crippen LogP contribution is -2.70. The Labute approximate surface area is 379 Å². The first-order valence-electron chi connectivity index (χ1n) is 21.1. The van der Waals surface area contributed by atoms with Gasteiger partial charge in [0.2, 0.25) is 11.8 Å². The van der Waals surface area contributed by atoms with Crippen LogP contribution in [0.25, 0.3) is 0 Å². The highest BCUT2D eigenvalue weighted by molar-refractivity contribution is 5.76. The first-order chi connectivity index (χ1) is 31.4. The van der Waals surface area contributed by atoms with Crippen molar-refractivity contribution in [2.24, 2.45) is 0 Å². The van der Waals surface area contributed by atoms with Gasteiger partial charge in [0.05, 0.1) is 44.7 Å². The van der Waals surface area contributed by atoms with Crippen LogP contribution in [-0.2, 0) is 57.0 Å². The van der Waals surface area contributed by atoms with E-state index in [1.54, 1.807) is 0 Å². The fourth-order valence-corrected chi connectivity index (χ4v) is 8.34. The fourth-order valence-electron chi connectivity index (χ4n) is 8.34. The molecule has 67 heavy (non-hydrogen) atoms. The summed E-state index contributed by atoms with van der Waals surface area (Å²) in [7, 11) is 0. The molecule has 5 aliphatic rings. The number of nitrogens with one attached hydrogen (secondary N) is 2. The zero-order valence-corrected chi connectivity index (χ0v) is 36.0. The number of rotatable bonds is 17. The summed E-state index contributed by atoms with van der Waals surface area (Å²) in [6.45, 7) is -0.928. The standard InChI is InChI=1S/C37H62N2O28/c1-9-19(47)24(52)26(54)33(60-9)66-31-30(65-34-27(55)25(53)21(49)14(6-41)62-34)22(50)15(7-42)63-35(31)64-28-18(39-11(3)44)32(56)61-16(23(28)51)8-59-37(36(57)58)4-12(45)17(38-10(2)43)29(67-37)20(48)13(46)5-40/h9,12-35,40-42,45-56H,4-8H2,1-3H3,(H,38,43)(H,39,44)(H,57,58)/t9-,12-,13+,14+,15+,16+,17+,18+,19+,20+,21-,22-,23-,24+,25-,26-,27+,28+,29+,30-,31+,32+,33-,34+,35-,37+/m0/s1. The van der Waals surface area contributed by atoms with Gasteiger partial charge in [0, 0.05) is 20.3 Å². The highest BCUT2D eigenvalue weighted by Gasteiger charge is 2.59. The van der Waals surface area contributed by atoms with E-state index in [1.807, 2.05) is 0 Å². The Morgan fingerprint density at radius 2 is 1.13 bits per heavy atom. The van der Waals surface area contributed by atoms with Crippen LogP contribution in [0.1, 0.15) is 27.2 Å². The number of carboxylic acids is 1. The SMILES string of the molecule is CC(=O)N[C@@H]1[C@@H](O[C@@H]2O[C@H](CO)[C@H](O)[C@H](O[C@H]3O[C@H](CO)[C@H](O)[C@H](O)[C@H]3O)[C@H]2O[C@@H]2O[C@@H](C)[C@@H](O)[C@@H](O)[C@@H]2O)[C@@H](O)[C@@H](CO[C@]2(C(=O)O)C[C@H](O)[C@@H](NC(C)=O)[C@H]([C@H](O)[C@H](O)CO)O2)O[C@H]1O. The van der Waals surface area contributed by atoms with Crippen molar-refractivity contribution in [3.63, 3.8) is 0 Å². The van der Waals surface area contributed by atoms with Crippen molar-refractivity contribution in [2.45, 2.75) is 186 Å². The molecule has 26 atom stereocenters. The summed E-state index contributed by atoms with van der Waals surface area (Å²) in [5.41, 5.74) is 0. The molecule has 0 radical (unpaired) electrons. The molecule has 30 nitrogen and oxygen atoms in total. The van der Waals surface area contributed by atoms with Gasteiger partial charge in [0.25, 0.3) is 5.79 Å². The van der Waals surface area contributed by atoms with Gasteiger partial charge in [-0.1, -0.05) is 0 Å². The molecule has 5 saturated heterocycles. The van der Waals surface area contributed by atoms with Gasteiger partial charge in [-0.25, -0.2) is 4.79 Å². The molecule has 0 aliphatic carbocycles. The topological polar surface area (TPSA) is 482 Å². The molecule has 5 fully saturated rings. The molecule has 388 valence electrons. The molecular weight excluding hydrogens is 920 g/mol. The molecule has 18 N–H and O–H groups in total. The maximum Gasteiger partial charge on any atom is 0.364 e. The van der Waals surface area contributed by atoms with Gasteiger partial charge in [0.1, 0.15) is 110 Å². The van der Waals surface area contributed by atoms with E-state index >= 15 is 0 Å². The van der Waals surface area contributed by atoms with Crippen molar-refractivity contribution in [3.05, 3.63) is 0 Å². The van der Waals surface area contributed by atoms with Crippen LogP contribution in [0.5, 0.6) is 0 Å². The van der Waals surface area contributed by atoms with Gasteiger partial charge in [-0.05, 0) is 6.92 Å². The fraction of sp³-hybridized carbons (Fsp3) is 0.919. The zero-order chi connectivity index (χ0) is 50.0. The van der Waals surface area contributed by atoms with E-state index < -0.39 is 210 Å². The summed E-state index contributed by atoms with van der Waals surface area (Å²) in [4.78, 5) is 37.3. The Kier molecular flexibility index (Phi) is 19.1. The maximum atomic E-state index is 12.8. The Balaban J connectivity index is 1.50. The summed E-state index contributed by atoms with van der Waals surface area (Å²) in [6, 6.07) is -3.40. The van der Waals surface area contributed by atoms with Crippen LogP contribution in [-0.4, -0.2) is 285 Å². The van der Waals surface area contributed by atoms with E-state index in [0.29, 0.717) is 0 Å². The molecule has 5 rings (SSSR count). The number of hydrogen-bond acceptors (Lipinski definition) is 27. The number of carbonyl (C=O) groups excluding carboxylic acids is 2. The molecule has 5 heterocycles. The first kappa shape index (κ1) is 55.4. The van der Waals surface area contributed by atoms with Crippen LogP contribution in [0, 0.1) is 0 Å². The minimum atomic E-state index is -2.99. The van der Waals surface area contributed by atoms with E-state index in [-0.39, 0.29) is 0 Å². The van der Waals surface area contributed by atoms with Crippen molar-refractivity contribution in [3.8, 4) is 0 Å². The Morgan fingerprint density at radius 3 is 1.70 bits per heavy atom. The monoisotopic (exact) mass is 982 g/mol. The van der Waals surface area contributed by atoms with Gasteiger partial charge in [0.15, 0.2) is 25.2 Å². The van der Waals surface area contributed by atoms with E-state index in [2.05, 4.69) is 10.6 Å². The third-order valence-corrected chi connectivity index (χ3v) is 12.1. The van der Waals surface area contributed by atoms with Crippen molar-refractivity contribution < 1.29 is 139 Å². The normalized spacial score (nSPS) is 47.1. The Bertz CT molecular complexity index is 1640. The number of amides is 2. The van der Waals surface area contributed by atoms with Crippen molar-refractivity contribution in [1.82, 2.24) is 10.6 Å². The average molecular weight is 983 g/mol. The molecule has 0 aromatic carbocycles. The molecule has 0 aromatic heterocycles. The van der Waals surface area contributed by atoms with Crippen LogP contribution in [0.15, 0.2) is 0 Å². The minimum absolute atomic E-state index is 0.783. The van der Waals surface area contributed by atoms with Crippen molar-refractivity contribution in [2.75, 3.05) is 26.4 Å². The molecule has 30 heteroatoms. The molecule has 5 aliphatic heterocycles. The van der Waals surface area contributed by atoms with Crippen molar-refractivity contribution >= 4 is 17.8 Å². The van der Waals surface area contributed by atoms with E-state index in [0.717, 1.165) is 13.8 Å². The largest absolute Gasteiger partial charge is 0.477 e. The average Bonchev–Trinajstić information content (AvgIpc) is 3.28. The minimum Gasteiger partial charge on any atom is -0.477 e. The summed E-state index contributed by atoms with van der Waals surface area (Å²) in [5.74, 6) is -6.61. The molecule has 0 unspecified atom stereocenters. The summed E-state index contributed by atoms with van der Waals surface area (Å²) >= 11 is 0. The second-order valence-electron chi connectivity index (χ2n) is 16.9. The molecule has 2 amide bonds. The highest BCUT2D eigenvalue weighted by atomic mass is 16.8. The van der Waals surface area contributed by atoms with Crippen LogP contribution >= 0.6 is 0 Å². The third kappa shape index (κ3) is 12.0. The predicted molar refractivity (Wildman–Crippen MR) is 206 cm³/mol. The highest BCUT2D eigenvalue weighted by Crippen LogP contribution is 2.38. The quantitative estimate of drug-likeness (QED) is 0.0643. The number of hydrogen-bond donors (Lipinski definition) is 18. The van der Waals surface area contributed by atoms with Crippen LogP contribution in [0.3, 0.4) is 0 Å². The molecule has 0 bridgehead atoms. The number of carbonyl (C=O) groups is 3. The molecule has 0 spiro atoms. The van der Waals surface area contributed by atoms with Crippen LogP contribution in [0.4, 0.5) is 0 Å². The van der Waals surface area contributed by atoms with Gasteiger partial charge >= 0.3 is 5.97 Å². The second-order valence-corrected chi connectivity index (χ2v) is 16.9. The summed E-state index contributed by atoms with van der Waals surface area (Å²) < 4.78 is 51.5. The van der Waals surface area contributed by atoms with Gasteiger partial charge in [-0.15, -0.1) is 0 Å². The number of aliphatic carboxylic acids is 1. The molecule has 0 saturated carbocycles. The number of ether oxygens (including phenoxy) is 9. The zero-order valence-electron chi connectivity index (χ0n) is 36.0. The van der Waals surface area contributed by atoms with Crippen LogP contribution < -0.4 is 10.6 Å². The maximum absolute atomic E-state index is 12.8. The number of carboxylic acid groups (broad SMARTS) is 1. The van der Waals surface area contributed by atoms with E-state index in [9.17, 15) is 96.1 Å². The number of aliphatic hydroxyl groups is 15. The van der Waals surface area contributed by atoms with Gasteiger partial charge < -0.3 is 135 Å². The molecular formula is C37H62N2O28. The Morgan fingerprint density at radius 1 is 0.627 bits per heavy atom. The first-order valence-corrected chi connectivity index (χ1v) is 21.1. The second kappa shape index (κ2) is 23.1. The summed E-state index contributed by atoms with van der Waals surface area (Å²) in [6.07, 6.45) is -46.1. The smallest absolute Gasteiger partial charge is 0.364 e. The number of aliphatic hydroxyl groups excluding tert-OH is 15. The lowest BCUT2D eigenvalue weighted by Gasteiger charge is -2.51.